The fourth-order valence-corrected chi connectivity index (χ4v) is 2.50. The molecule has 0 spiro atoms. The lowest BCUT2D eigenvalue weighted by Crippen LogP contribution is -2.46. The van der Waals surface area contributed by atoms with Crippen LogP contribution in [0.4, 0.5) is 5.69 Å². The van der Waals surface area contributed by atoms with E-state index in [9.17, 15) is 9.90 Å². The minimum atomic E-state index is -0.959. The number of benzene rings is 1. The van der Waals surface area contributed by atoms with Crippen LogP contribution in [0.2, 0.25) is 5.02 Å². The van der Waals surface area contributed by atoms with E-state index >= 15 is 0 Å². The Kier molecular flexibility index (Phi) is 3.78. The number of carboxylic acids is 1. The van der Waals surface area contributed by atoms with Gasteiger partial charge < -0.3 is 14.7 Å². The van der Waals surface area contributed by atoms with Crippen LogP contribution in [0.5, 0.6) is 0 Å². The molecule has 1 aliphatic heterocycles. The number of hydrogen-bond acceptors (Lipinski definition) is 3. The highest BCUT2D eigenvalue weighted by Crippen LogP contribution is 2.27. The first-order chi connectivity index (χ1) is 8.47. The number of ether oxygens (including phenoxy) is 1. The second-order valence-corrected chi connectivity index (χ2v) is 5.07. The van der Waals surface area contributed by atoms with E-state index in [4.69, 9.17) is 16.3 Å². The Morgan fingerprint density at radius 2 is 2.00 bits per heavy atom. The molecule has 0 unspecified atom stereocenters. The van der Waals surface area contributed by atoms with Crippen LogP contribution in [0.25, 0.3) is 0 Å². The molecule has 1 aromatic carbocycles. The fraction of sp³-hybridized carbons (Fsp3) is 0.462. The summed E-state index contributed by atoms with van der Waals surface area (Å²) in [6.07, 6.45) is 0.178. The molecule has 1 N–H and O–H groups in total. The Labute approximate surface area is 111 Å². The third-order valence-electron chi connectivity index (χ3n) is 2.95. The molecule has 2 rings (SSSR count). The van der Waals surface area contributed by atoms with E-state index in [1.54, 1.807) is 12.1 Å². The average molecular weight is 270 g/mol. The van der Waals surface area contributed by atoms with Crippen molar-refractivity contribution in [2.24, 2.45) is 0 Å². The number of rotatable bonds is 2. The van der Waals surface area contributed by atoms with Gasteiger partial charge in [0.1, 0.15) is 0 Å². The van der Waals surface area contributed by atoms with Crippen molar-refractivity contribution in [3.05, 3.63) is 28.8 Å². The number of carbonyl (C=O) groups is 1. The molecule has 0 aliphatic carbocycles. The number of morpholine rings is 1. The molecule has 2 atom stereocenters. The van der Waals surface area contributed by atoms with Gasteiger partial charge in [0.25, 0.3) is 0 Å². The van der Waals surface area contributed by atoms with Gasteiger partial charge in [0.2, 0.25) is 0 Å². The molecule has 1 fully saturated rings. The van der Waals surface area contributed by atoms with Crippen LogP contribution >= 0.6 is 11.6 Å². The van der Waals surface area contributed by atoms with Crippen molar-refractivity contribution in [3.63, 3.8) is 0 Å². The van der Waals surface area contributed by atoms with Crippen molar-refractivity contribution in [2.45, 2.75) is 26.1 Å². The first-order valence-electron chi connectivity index (χ1n) is 5.90. The Bertz CT molecular complexity index is 454. The summed E-state index contributed by atoms with van der Waals surface area (Å²) in [7, 11) is 0. The lowest BCUT2D eigenvalue weighted by atomic mass is 10.1. The van der Waals surface area contributed by atoms with E-state index in [0.29, 0.717) is 23.8 Å². The molecule has 98 valence electrons. The number of nitrogens with zero attached hydrogens (tertiary/aromatic N) is 1. The maximum Gasteiger partial charge on any atom is 0.337 e. The van der Waals surface area contributed by atoms with E-state index in [2.05, 4.69) is 0 Å². The summed E-state index contributed by atoms with van der Waals surface area (Å²) in [5, 5.41) is 9.67. The van der Waals surface area contributed by atoms with Gasteiger partial charge in [0.05, 0.1) is 23.5 Å². The van der Waals surface area contributed by atoms with Gasteiger partial charge in [-0.15, -0.1) is 0 Å². The second-order valence-electron chi connectivity index (χ2n) is 4.63. The van der Waals surface area contributed by atoms with Crippen LogP contribution in [0.3, 0.4) is 0 Å². The molecule has 1 aliphatic rings. The fourth-order valence-electron chi connectivity index (χ4n) is 2.33. The number of carboxylic acid groups (broad SMARTS) is 1. The van der Waals surface area contributed by atoms with Gasteiger partial charge in [-0.2, -0.15) is 0 Å². The highest BCUT2D eigenvalue weighted by Gasteiger charge is 2.25. The topological polar surface area (TPSA) is 49.8 Å². The smallest absolute Gasteiger partial charge is 0.337 e. The highest BCUT2D eigenvalue weighted by atomic mass is 35.5. The van der Waals surface area contributed by atoms with E-state index in [1.165, 1.54) is 6.07 Å². The maximum absolute atomic E-state index is 11.3. The summed E-state index contributed by atoms with van der Waals surface area (Å²) in [6, 6.07) is 4.97. The molecule has 0 bridgehead atoms. The molecule has 0 aromatic heterocycles. The SMILES string of the molecule is C[C@@H]1CN(c2ccc(Cl)cc2C(=O)O)C[C@H](C)O1. The summed E-state index contributed by atoms with van der Waals surface area (Å²) in [5.74, 6) is -0.959. The predicted molar refractivity (Wildman–Crippen MR) is 70.6 cm³/mol. The first-order valence-corrected chi connectivity index (χ1v) is 6.28. The standard InChI is InChI=1S/C13H16ClNO3/c1-8-6-15(7-9(2)18-8)12-4-3-10(14)5-11(12)13(16)17/h3-5,8-9H,6-7H2,1-2H3,(H,16,17)/t8-,9+. The highest BCUT2D eigenvalue weighted by molar-refractivity contribution is 6.31. The summed E-state index contributed by atoms with van der Waals surface area (Å²) in [5.41, 5.74) is 0.942. The van der Waals surface area contributed by atoms with Crippen LogP contribution in [-0.2, 0) is 4.74 Å². The summed E-state index contributed by atoms with van der Waals surface area (Å²) < 4.78 is 5.65. The van der Waals surface area contributed by atoms with Gasteiger partial charge in [-0.05, 0) is 32.0 Å². The lowest BCUT2D eigenvalue weighted by molar-refractivity contribution is -0.00531. The molecule has 0 amide bonds. The number of aromatic carboxylic acids is 1. The third-order valence-corrected chi connectivity index (χ3v) is 3.18. The number of anilines is 1. The first kappa shape index (κ1) is 13.2. The van der Waals surface area contributed by atoms with Crippen molar-refractivity contribution in [1.29, 1.82) is 0 Å². The molecule has 4 nitrogen and oxygen atoms in total. The van der Waals surface area contributed by atoms with Gasteiger partial charge in [0, 0.05) is 18.1 Å². The zero-order chi connectivity index (χ0) is 13.3. The molecular formula is C13H16ClNO3. The van der Waals surface area contributed by atoms with Crippen molar-refractivity contribution < 1.29 is 14.6 Å². The largest absolute Gasteiger partial charge is 0.478 e. The van der Waals surface area contributed by atoms with Gasteiger partial charge in [-0.3, -0.25) is 0 Å². The molecule has 0 radical (unpaired) electrons. The number of halogens is 1. The Hall–Kier alpha value is -1.26. The van der Waals surface area contributed by atoms with Gasteiger partial charge in [-0.1, -0.05) is 11.6 Å². The zero-order valence-corrected chi connectivity index (χ0v) is 11.1. The normalized spacial score (nSPS) is 24.1. The van der Waals surface area contributed by atoms with Crippen LogP contribution in [0, 0.1) is 0 Å². The molecule has 1 saturated heterocycles. The molecule has 5 heteroatoms. The van der Waals surface area contributed by atoms with Crippen LogP contribution in [-0.4, -0.2) is 36.4 Å². The molecule has 1 aromatic rings. The van der Waals surface area contributed by atoms with E-state index < -0.39 is 5.97 Å². The van der Waals surface area contributed by atoms with E-state index in [0.717, 1.165) is 0 Å². The Morgan fingerprint density at radius 1 is 1.39 bits per heavy atom. The van der Waals surface area contributed by atoms with E-state index in [1.807, 2.05) is 18.7 Å². The maximum atomic E-state index is 11.3. The lowest BCUT2D eigenvalue weighted by Gasteiger charge is -2.37. The van der Waals surface area contributed by atoms with Crippen LogP contribution < -0.4 is 4.90 Å². The van der Waals surface area contributed by atoms with Gasteiger partial charge in [-0.25, -0.2) is 4.79 Å². The molecule has 0 saturated carbocycles. The van der Waals surface area contributed by atoms with Gasteiger partial charge in [0.15, 0.2) is 0 Å². The monoisotopic (exact) mass is 269 g/mol. The Balaban J connectivity index is 2.35. The average Bonchev–Trinajstić information content (AvgIpc) is 2.27. The van der Waals surface area contributed by atoms with Crippen LogP contribution in [0.15, 0.2) is 18.2 Å². The Morgan fingerprint density at radius 3 is 2.56 bits per heavy atom. The van der Waals surface area contributed by atoms with E-state index in [-0.39, 0.29) is 17.8 Å². The zero-order valence-electron chi connectivity index (χ0n) is 10.4. The molecule has 1 heterocycles. The van der Waals surface area contributed by atoms with Crippen molar-refractivity contribution >= 4 is 23.3 Å². The second kappa shape index (κ2) is 5.16. The predicted octanol–water partition coefficient (Wildman–Crippen LogP) is 2.65. The minimum absolute atomic E-state index is 0.0890. The minimum Gasteiger partial charge on any atom is -0.478 e. The number of hydrogen-bond donors (Lipinski definition) is 1. The molecular weight excluding hydrogens is 254 g/mol. The summed E-state index contributed by atoms with van der Waals surface area (Å²) >= 11 is 5.85. The summed E-state index contributed by atoms with van der Waals surface area (Å²) in [6.45, 7) is 5.34. The van der Waals surface area contributed by atoms with Gasteiger partial charge >= 0.3 is 5.97 Å². The van der Waals surface area contributed by atoms with Crippen molar-refractivity contribution in [2.75, 3.05) is 18.0 Å². The molecule has 18 heavy (non-hydrogen) atoms. The summed E-state index contributed by atoms with van der Waals surface area (Å²) in [4.78, 5) is 13.3. The third kappa shape index (κ3) is 2.76. The van der Waals surface area contributed by atoms with Crippen molar-refractivity contribution in [1.82, 2.24) is 0 Å². The van der Waals surface area contributed by atoms with Crippen LogP contribution in [0.1, 0.15) is 24.2 Å². The quantitative estimate of drug-likeness (QED) is 0.897. The van der Waals surface area contributed by atoms with Crippen molar-refractivity contribution in [3.8, 4) is 0 Å².